The van der Waals surface area contributed by atoms with Gasteiger partial charge in [-0.25, -0.2) is 12.4 Å². The fourth-order valence-electron chi connectivity index (χ4n) is 4.25. The van der Waals surface area contributed by atoms with Crippen molar-refractivity contribution in [1.82, 2.24) is 8.87 Å². The fourth-order valence-corrected chi connectivity index (χ4v) is 5.90. The fraction of sp³-hybridized carbons (Fsp3) is 0.333. The van der Waals surface area contributed by atoms with Crippen molar-refractivity contribution >= 4 is 20.9 Å². The average molecular weight is 409 g/mol. The Bertz CT molecular complexity index is 1120. The number of aromatic nitrogens is 1. The lowest BCUT2D eigenvalue weighted by Gasteiger charge is -2.29. The minimum absolute atomic E-state index is 0.481. The zero-order chi connectivity index (χ0) is 20.6. The molecular formula is C24H28N2O2S. The van der Waals surface area contributed by atoms with Crippen molar-refractivity contribution in [2.45, 2.75) is 30.9 Å². The van der Waals surface area contributed by atoms with Crippen LogP contribution in [0.25, 0.3) is 10.9 Å². The number of benzene rings is 2. The monoisotopic (exact) mass is 408 g/mol. The molecular weight excluding hydrogens is 380 g/mol. The van der Waals surface area contributed by atoms with E-state index in [0.29, 0.717) is 5.92 Å². The highest BCUT2D eigenvalue weighted by Gasteiger charge is 2.28. The topological polar surface area (TPSA) is 42.3 Å². The van der Waals surface area contributed by atoms with Crippen molar-refractivity contribution in [3.8, 4) is 0 Å². The van der Waals surface area contributed by atoms with E-state index in [1.165, 1.54) is 15.6 Å². The number of hydrogen-bond acceptors (Lipinski definition) is 3. The van der Waals surface area contributed by atoms with Crippen LogP contribution in [0.2, 0.25) is 0 Å². The second-order valence-corrected chi connectivity index (χ2v) is 10.1. The molecule has 0 spiro atoms. The molecule has 3 aromatic rings. The predicted molar refractivity (Wildman–Crippen MR) is 120 cm³/mol. The van der Waals surface area contributed by atoms with E-state index >= 15 is 0 Å². The lowest BCUT2D eigenvalue weighted by Crippen LogP contribution is -2.29. The van der Waals surface area contributed by atoms with Crippen LogP contribution in [0.4, 0.5) is 0 Å². The quantitative estimate of drug-likeness (QED) is 0.566. The van der Waals surface area contributed by atoms with Crippen molar-refractivity contribution in [2.24, 2.45) is 0 Å². The number of likely N-dealkylation sites (tertiary alicyclic amines) is 1. The Hall–Kier alpha value is -2.37. The summed E-state index contributed by atoms with van der Waals surface area (Å²) in [7, 11) is -1.52. The Kier molecular flexibility index (Phi) is 5.36. The summed E-state index contributed by atoms with van der Waals surface area (Å²) in [6, 6.07) is 15.8. The van der Waals surface area contributed by atoms with Gasteiger partial charge in [-0.2, -0.15) is 0 Å². The minimum atomic E-state index is -3.67. The third-order valence-corrected chi connectivity index (χ3v) is 8.06. The standard InChI is InChI=1S/C24H28N2O2S/c1-4-24(21-7-5-18(2)6-8-21)29(27,28)26-16-13-20-9-10-22(17-23(20)26)19-11-14-25(3)15-12-19/h4-10,13,16-17,19,24H,1,11-12,14-15H2,2-3H3. The molecule has 0 N–H and O–H groups in total. The smallest absolute Gasteiger partial charge is 0.249 e. The number of nitrogens with zero attached hydrogens (tertiary/aromatic N) is 2. The molecule has 1 saturated heterocycles. The van der Waals surface area contributed by atoms with Crippen molar-refractivity contribution in [2.75, 3.05) is 20.1 Å². The maximum atomic E-state index is 13.5. The lowest BCUT2D eigenvalue weighted by atomic mass is 9.89. The van der Waals surface area contributed by atoms with Crippen LogP contribution in [-0.2, 0) is 10.0 Å². The summed E-state index contributed by atoms with van der Waals surface area (Å²) in [5.41, 5.74) is 3.81. The van der Waals surface area contributed by atoms with Gasteiger partial charge in [-0.05, 0) is 69.1 Å². The highest BCUT2D eigenvalue weighted by Crippen LogP contribution is 2.33. The molecule has 0 aliphatic carbocycles. The summed E-state index contributed by atoms with van der Waals surface area (Å²) < 4.78 is 28.5. The second-order valence-electron chi connectivity index (χ2n) is 8.12. The van der Waals surface area contributed by atoms with Gasteiger partial charge in [0.2, 0.25) is 10.0 Å². The summed E-state index contributed by atoms with van der Waals surface area (Å²) in [4.78, 5) is 2.35. The number of fused-ring (bicyclic) bond motifs is 1. The Morgan fingerprint density at radius 2 is 1.76 bits per heavy atom. The zero-order valence-electron chi connectivity index (χ0n) is 17.1. The Morgan fingerprint density at radius 3 is 2.41 bits per heavy atom. The van der Waals surface area contributed by atoms with Crippen molar-refractivity contribution in [1.29, 1.82) is 0 Å². The first kappa shape index (κ1) is 19.9. The molecule has 4 nitrogen and oxygen atoms in total. The van der Waals surface area contributed by atoms with Crippen LogP contribution in [0, 0.1) is 6.92 Å². The van der Waals surface area contributed by atoms with Crippen LogP contribution in [-0.4, -0.2) is 37.4 Å². The zero-order valence-corrected chi connectivity index (χ0v) is 17.9. The van der Waals surface area contributed by atoms with Gasteiger partial charge in [0.15, 0.2) is 0 Å². The first-order valence-electron chi connectivity index (χ1n) is 10.1. The minimum Gasteiger partial charge on any atom is -0.306 e. The molecule has 2 heterocycles. The van der Waals surface area contributed by atoms with E-state index in [9.17, 15) is 8.42 Å². The number of aryl methyl sites for hydroxylation is 1. The Balaban J connectivity index is 1.74. The van der Waals surface area contributed by atoms with Gasteiger partial charge < -0.3 is 4.90 Å². The van der Waals surface area contributed by atoms with E-state index < -0.39 is 15.3 Å². The predicted octanol–water partition coefficient (Wildman–Crippen LogP) is 4.86. The molecule has 1 aliphatic heterocycles. The van der Waals surface area contributed by atoms with Crippen LogP contribution in [0.3, 0.4) is 0 Å². The molecule has 1 unspecified atom stereocenters. The Morgan fingerprint density at radius 1 is 1.07 bits per heavy atom. The van der Waals surface area contributed by atoms with Crippen LogP contribution >= 0.6 is 0 Å². The first-order valence-corrected chi connectivity index (χ1v) is 11.6. The Labute approximate surface area is 173 Å². The number of piperidine rings is 1. The molecule has 152 valence electrons. The van der Waals surface area contributed by atoms with Crippen LogP contribution < -0.4 is 0 Å². The summed E-state index contributed by atoms with van der Waals surface area (Å²) in [6.07, 6.45) is 5.40. The average Bonchev–Trinajstić information content (AvgIpc) is 3.14. The van der Waals surface area contributed by atoms with Crippen molar-refractivity contribution in [3.63, 3.8) is 0 Å². The van der Waals surface area contributed by atoms with E-state index in [1.807, 2.05) is 43.3 Å². The van der Waals surface area contributed by atoms with E-state index in [4.69, 9.17) is 0 Å². The molecule has 0 saturated carbocycles. The summed E-state index contributed by atoms with van der Waals surface area (Å²) in [6.45, 7) is 7.96. The second kappa shape index (κ2) is 7.81. The molecule has 1 aromatic heterocycles. The van der Waals surface area contributed by atoms with Gasteiger partial charge in [-0.3, -0.25) is 0 Å². The summed E-state index contributed by atoms with van der Waals surface area (Å²) in [5, 5.41) is 0.155. The maximum Gasteiger partial charge on any atom is 0.249 e. The molecule has 0 bridgehead atoms. The molecule has 4 rings (SSSR count). The molecule has 5 heteroatoms. The van der Waals surface area contributed by atoms with E-state index in [2.05, 4.69) is 30.7 Å². The maximum absolute atomic E-state index is 13.5. The normalized spacial score (nSPS) is 17.4. The van der Waals surface area contributed by atoms with E-state index in [0.717, 1.165) is 48.0 Å². The molecule has 1 atom stereocenters. The molecule has 1 fully saturated rings. The first-order chi connectivity index (χ1) is 13.9. The van der Waals surface area contributed by atoms with Gasteiger partial charge in [-0.1, -0.05) is 48.0 Å². The third-order valence-electron chi connectivity index (χ3n) is 6.09. The highest BCUT2D eigenvalue weighted by molar-refractivity contribution is 7.90. The van der Waals surface area contributed by atoms with Crippen LogP contribution in [0.15, 0.2) is 67.4 Å². The third kappa shape index (κ3) is 3.77. The van der Waals surface area contributed by atoms with E-state index in [1.54, 1.807) is 6.20 Å². The molecule has 2 aromatic carbocycles. The van der Waals surface area contributed by atoms with E-state index in [-0.39, 0.29) is 0 Å². The summed E-state index contributed by atoms with van der Waals surface area (Å²) in [5.74, 6) is 0.481. The molecule has 0 radical (unpaired) electrons. The largest absolute Gasteiger partial charge is 0.306 e. The molecule has 1 aliphatic rings. The van der Waals surface area contributed by atoms with Crippen LogP contribution in [0.1, 0.15) is 40.7 Å². The van der Waals surface area contributed by atoms with Crippen molar-refractivity contribution < 1.29 is 8.42 Å². The highest BCUT2D eigenvalue weighted by atomic mass is 32.2. The van der Waals surface area contributed by atoms with Gasteiger partial charge >= 0.3 is 0 Å². The van der Waals surface area contributed by atoms with Crippen molar-refractivity contribution in [3.05, 3.63) is 84.1 Å². The molecule has 0 amide bonds. The SMILES string of the molecule is C=CC(c1ccc(C)cc1)S(=O)(=O)n1ccc2ccc(C3CCN(C)CC3)cc21. The van der Waals surface area contributed by atoms with Gasteiger partial charge in [-0.15, -0.1) is 6.58 Å². The van der Waals surface area contributed by atoms with Gasteiger partial charge in [0.1, 0.15) is 5.25 Å². The van der Waals surface area contributed by atoms with Gasteiger partial charge in [0.25, 0.3) is 0 Å². The number of rotatable bonds is 5. The van der Waals surface area contributed by atoms with Gasteiger partial charge in [0.05, 0.1) is 5.52 Å². The molecule has 29 heavy (non-hydrogen) atoms. The summed E-state index contributed by atoms with van der Waals surface area (Å²) >= 11 is 0. The lowest BCUT2D eigenvalue weighted by molar-refractivity contribution is 0.255. The van der Waals surface area contributed by atoms with Gasteiger partial charge in [0, 0.05) is 11.6 Å². The van der Waals surface area contributed by atoms with Crippen LogP contribution in [0.5, 0.6) is 0 Å². The number of hydrogen-bond donors (Lipinski definition) is 0.